The topological polar surface area (TPSA) is 108 Å². The fraction of sp³-hybridized carbons (Fsp3) is 0.364. The second-order valence-corrected chi connectivity index (χ2v) is 5.98. The van der Waals surface area contributed by atoms with E-state index in [1.165, 1.54) is 6.20 Å². The van der Waals surface area contributed by atoms with Gasteiger partial charge in [-0.2, -0.15) is 4.31 Å². The van der Waals surface area contributed by atoms with Gasteiger partial charge in [0.05, 0.1) is 18.8 Å². The molecule has 0 bridgehead atoms. The lowest BCUT2D eigenvalue weighted by Gasteiger charge is -2.25. The minimum absolute atomic E-state index is 0.190. The summed E-state index contributed by atoms with van der Waals surface area (Å²) in [5.41, 5.74) is 0.341. The molecule has 0 atom stereocenters. The van der Waals surface area contributed by atoms with E-state index in [-0.39, 0.29) is 5.03 Å². The van der Waals surface area contributed by atoms with Gasteiger partial charge >= 0.3 is 0 Å². The van der Waals surface area contributed by atoms with E-state index in [0.29, 0.717) is 12.2 Å². The zero-order valence-corrected chi connectivity index (χ0v) is 11.6. The maximum absolute atomic E-state index is 12.5. The second-order valence-electron chi connectivity index (χ2n) is 4.13. The van der Waals surface area contributed by atoms with Gasteiger partial charge in [-0.15, -0.1) is 0 Å². The van der Waals surface area contributed by atoms with Crippen LogP contribution in [0.4, 0.5) is 5.69 Å². The van der Waals surface area contributed by atoms with Gasteiger partial charge in [0.2, 0.25) is 11.8 Å². The minimum atomic E-state index is -4.00. The number of carbonyl (C=O) groups excluding carboxylic acids is 2. The number of sulfonamides is 1. The Balaban J connectivity index is 2.40. The van der Waals surface area contributed by atoms with Gasteiger partial charge < -0.3 is 5.32 Å². The maximum Gasteiger partial charge on any atom is 0.263 e. The fourth-order valence-electron chi connectivity index (χ4n) is 1.82. The van der Waals surface area contributed by atoms with Crippen LogP contribution >= 0.6 is 0 Å². The average molecular weight is 298 g/mol. The normalized spacial score (nSPS) is 16.9. The molecule has 2 amide bonds. The zero-order valence-electron chi connectivity index (χ0n) is 10.8. The molecular weight excluding hydrogens is 284 g/mol. The van der Waals surface area contributed by atoms with Gasteiger partial charge in [0, 0.05) is 12.7 Å². The Hall–Kier alpha value is -2.00. The fourth-order valence-corrected chi connectivity index (χ4v) is 3.26. The third-order valence-corrected chi connectivity index (χ3v) is 4.39. The van der Waals surface area contributed by atoms with Gasteiger partial charge in [0.1, 0.15) is 0 Å². The molecule has 20 heavy (non-hydrogen) atoms. The summed E-state index contributed by atoms with van der Waals surface area (Å²) in [5.74, 6) is -1.29. The van der Waals surface area contributed by atoms with Crippen LogP contribution in [0, 0.1) is 0 Å². The molecule has 2 rings (SSSR count). The number of nitrogens with one attached hydrogen (secondary N) is 2. The van der Waals surface area contributed by atoms with Crippen molar-refractivity contribution in [3.63, 3.8) is 0 Å². The molecule has 1 fully saturated rings. The predicted octanol–water partition coefficient (Wildman–Crippen LogP) is -0.839. The van der Waals surface area contributed by atoms with Gasteiger partial charge in [-0.1, -0.05) is 0 Å². The smallest absolute Gasteiger partial charge is 0.263 e. The lowest BCUT2D eigenvalue weighted by atomic mass is 10.4. The predicted molar refractivity (Wildman–Crippen MR) is 70.3 cm³/mol. The van der Waals surface area contributed by atoms with Crippen molar-refractivity contribution < 1.29 is 18.0 Å². The minimum Gasteiger partial charge on any atom is -0.383 e. The van der Waals surface area contributed by atoms with Crippen LogP contribution in [-0.2, 0) is 19.6 Å². The molecule has 0 saturated carbocycles. The maximum atomic E-state index is 12.5. The van der Waals surface area contributed by atoms with E-state index in [9.17, 15) is 18.0 Å². The van der Waals surface area contributed by atoms with Crippen LogP contribution in [0.2, 0.25) is 0 Å². The van der Waals surface area contributed by atoms with E-state index in [4.69, 9.17) is 0 Å². The molecular formula is C11H14N4O4S. The lowest BCUT2D eigenvalue weighted by Crippen LogP contribution is -2.53. The molecule has 2 N–H and O–H groups in total. The Morgan fingerprint density at radius 3 is 2.60 bits per heavy atom. The largest absolute Gasteiger partial charge is 0.383 e. The van der Waals surface area contributed by atoms with Gasteiger partial charge in [0.15, 0.2) is 5.03 Å². The quantitative estimate of drug-likeness (QED) is 0.702. The first kappa shape index (κ1) is 14.4. The highest BCUT2D eigenvalue weighted by atomic mass is 32.2. The van der Waals surface area contributed by atoms with Crippen molar-refractivity contribution >= 4 is 27.5 Å². The van der Waals surface area contributed by atoms with E-state index in [0.717, 1.165) is 4.31 Å². The van der Waals surface area contributed by atoms with Crippen molar-refractivity contribution in [2.45, 2.75) is 11.9 Å². The van der Waals surface area contributed by atoms with Crippen molar-refractivity contribution in [2.24, 2.45) is 0 Å². The number of nitrogens with zero attached hydrogens (tertiary/aromatic N) is 2. The number of hydrogen-bond donors (Lipinski definition) is 2. The Morgan fingerprint density at radius 2 is 2.00 bits per heavy atom. The van der Waals surface area contributed by atoms with Crippen molar-refractivity contribution in [3.05, 3.63) is 18.3 Å². The van der Waals surface area contributed by atoms with Crippen LogP contribution in [-0.4, -0.2) is 49.2 Å². The number of anilines is 1. The molecule has 1 aromatic heterocycles. The summed E-state index contributed by atoms with van der Waals surface area (Å²) in [7, 11) is -4.00. The molecule has 1 saturated heterocycles. The number of pyridine rings is 1. The lowest BCUT2D eigenvalue weighted by molar-refractivity contribution is -0.134. The van der Waals surface area contributed by atoms with Gasteiger partial charge in [-0.05, 0) is 19.1 Å². The van der Waals surface area contributed by atoms with Crippen LogP contribution in [0.1, 0.15) is 6.92 Å². The van der Waals surface area contributed by atoms with Gasteiger partial charge in [-0.3, -0.25) is 14.9 Å². The third kappa shape index (κ3) is 2.78. The van der Waals surface area contributed by atoms with Gasteiger partial charge in [-0.25, -0.2) is 13.4 Å². The molecule has 0 spiro atoms. The van der Waals surface area contributed by atoms with Crippen LogP contribution in [0.25, 0.3) is 0 Å². The molecule has 1 aliphatic heterocycles. The Morgan fingerprint density at radius 1 is 1.35 bits per heavy atom. The molecule has 0 radical (unpaired) electrons. The van der Waals surface area contributed by atoms with E-state index in [1.807, 2.05) is 6.92 Å². The first-order valence-electron chi connectivity index (χ1n) is 5.97. The molecule has 9 heteroatoms. The summed E-state index contributed by atoms with van der Waals surface area (Å²) in [6.07, 6.45) is 1.35. The molecule has 0 aromatic carbocycles. The summed E-state index contributed by atoms with van der Waals surface area (Å²) in [4.78, 5) is 26.5. The Labute approximate surface area is 116 Å². The number of hydrogen-bond acceptors (Lipinski definition) is 6. The highest BCUT2D eigenvalue weighted by Crippen LogP contribution is 2.22. The molecule has 2 heterocycles. The molecule has 8 nitrogen and oxygen atoms in total. The van der Waals surface area contributed by atoms with E-state index >= 15 is 0 Å². The van der Waals surface area contributed by atoms with Crippen LogP contribution < -0.4 is 10.6 Å². The molecule has 0 unspecified atom stereocenters. The first-order chi connectivity index (χ1) is 9.45. The van der Waals surface area contributed by atoms with E-state index in [2.05, 4.69) is 15.6 Å². The first-order valence-corrected chi connectivity index (χ1v) is 7.41. The van der Waals surface area contributed by atoms with Crippen molar-refractivity contribution in [3.8, 4) is 0 Å². The number of aromatic nitrogens is 1. The van der Waals surface area contributed by atoms with Crippen molar-refractivity contribution in [1.29, 1.82) is 0 Å². The number of amides is 2. The molecule has 1 aliphatic rings. The van der Waals surface area contributed by atoms with Crippen LogP contribution in [0.3, 0.4) is 0 Å². The number of imide groups is 1. The highest BCUT2D eigenvalue weighted by Gasteiger charge is 2.35. The van der Waals surface area contributed by atoms with E-state index in [1.54, 1.807) is 12.1 Å². The molecule has 1 aromatic rings. The highest BCUT2D eigenvalue weighted by molar-refractivity contribution is 7.89. The Bertz CT molecular complexity index is 628. The average Bonchev–Trinajstić information content (AvgIpc) is 2.38. The van der Waals surface area contributed by atoms with Crippen molar-refractivity contribution in [1.82, 2.24) is 14.6 Å². The SMILES string of the molecule is CCNc1cccnc1S(=O)(=O)N1CC(=O)NC(=O)C1. The Kier molecular flexibility index (Phi) is 4.00. The number of carbonyl (C=O) groups is 2. The summed E-state index contributed by atoms with van der Waals surface area (Å²) in [6.45, 7) is 1.56. The summed E-state index contributed by atoms with van der Waals surface area (Å²) in [5, 5.41) is 4.75. The van der Waals surface area contributed by atoms with Crippen LogP contribution in [0.5, 0.6) is 0 Å². The molecule has 0 aliphatic carbocycles. The summed E-state index contributed by atoms with van der Waals surface area (Å²) in [6, 6.07) is 3.18. The van der Waals surface area contributed by atoms with Gasteiger partial charge in [0.25, 0.3) is 10.0 Å². The zero-order chi connectivity index (χ0) is 14.8. The standard InChI is InChI=1S/C11H14N4O4S/c1-2-12-8-4-3-5-13-11(8)20(18,19)15-6-9(16)14-10(17)7-15/h3-5,12H,2,6-7H2,1H3,(H,14,16,17). The number of piperazine rings is 1. The molecule has 108 valence electrons. The summed E-state index contributed by atoms with van der Waals surface area (Å²) >= 11 is 0. The monoisotopic (exact) mass is 298 g/mol. The third-order valence-electron chi connectivity index (χ3n) is 2.64. The van der Waals surface area contributed by atoms with Crippen molar-refractivity contribution in [2.75, 3.05) is 25.0 Å². The van der Waals surface area contributed by atoms with Crippen LogP contribution in [0.15, 0.2) is 23.4 Å². The number of rotatable bonds is 4. The summed E-state index contributed by atoms with van der Waals surface area (Å²) < 4.78 is 25.7. The second kappa shape index (κ2) is 5.55. The van der Waals surface area contributed by atoms with E-state index < -0.39 is 34.9 Å².